The number of aliphatic hydroxyl groups excluding tert-OH is 2. The lowest BCUT2D eigenvalue weighted by atomic mass is 10.1. The Labute approximate surface area is 282 Å². The Morgan fingerprint density at radius 1 is 0.562 bits per heavy atom. The molecule has 0 saturated carbocycles. The number of carbonyl (C=O) groups is 8. The van der Waals surface area contributed by atoms with Gasteiger partial charge in [-0.25, -0.2) is 9.59 Å². The van der Waals surface area contributed by atoms with Gasteiger partial charge in [-0.3, -0.25) is 28.8 Å². The van der Waals surface area contributed by atoms with Crippen molar-refractivity contribution < 1.29 is 69.0 Å². The summed E-state index contributed by atoms with van der Waals surface area (Å²) in [6.07, 6.45) is -3.50. The minimum atomic E-state index is -1.73. The van der Waals surface area contributed by atoms with Crippen LogP contribution in [-0.2, 0) is 38.4 Å². The Kier molecular flexibility index (Phi) is 21.0. The van der Waals surface area contributed by atoms with Crippen LogP contribution in [0.5, 0.6) is 0 Å². The molecule has 0 aliphatic heterocycles. The highest BCUT2D eigenvalue weighted by molar-refractivity contribution is 8.76. The molecule has 0 saturated heterocycles. The molecule has 0 rings (SSSR count). The zero-order valence-electron chi connectivity index (χ0n) is 26.2. The van der Waals surface area contributed by atoms with Crippen LogP contribution >= 0.6 is 21.6 Å². The second-order valence-corrected chi connectivity index (χ2v) is 13.2. The normalized spacial score (nSPS) is 16.0. The molecule has 0 bridgehead atoms. The quantitative estimate of drug-likeness (QED) is 0.0319. The average molecular weight is 729 g/mol. The number of carbonyl (C=O) groups excluding carboxylic acids is 4. The fourth-order valence-electron chi connectivity index (χ4n) is 3.63. The first kappa shape index (κ1) is 44.3. The maximum atomic E-state index is 12.9. The molecule has 8 atom stereocenters. The van der Waals surface area contributed by atoms with Crippen molar-refractivity contribution in [3.05, 3.63) is 0 Å². The van der Waals surface area contributed by atoms with Crippen LogP contribution in [0.15, 0.2) is 0 Å². The van der Waals surface area contributed by atoms with E-state index in [-0.39, 0.29) is 50.0 Å². The second-order valence-electron chi connectivity index (χ2n) is 10.6. The molecule has 0 aromatic heterocycles. The first-order valence-electron chi connectivity index (χ1n) is 14.5. The van der Waals surface area contributed by atoms with Crippen molar-refractivity contribution in [1.82, 2.24) is 21.3 Å². The van der Waals surface area contributed by atoms with Crippen LogP contribution in [0.4, 0.5) is 0 Å². The predicted octanol–water partition coefficient (Wildman–Crippen LogP) is -3.60. The summed E-state index contributed by atoms with van der Waals surface area (Å²) in [5.74, 6) is -9.53. The van der Waals surface area contributed by atoms with Gasteiger partial charge in [0.25, 0.3) is 0 Å². The molecule has 0 radical (unpaired) electrons. The molecule has 20 nitrogen and oxygen atoms in total. The lowest BCUT2D eigenvalue weighted by molar-refractivity contribution is -0.145. The fraction of sp³-hybridized carbons (Fsp3) is 0.692. The number of aliphatic carboxylic acids is 4. The Hall–Kier alpha value is -3.70. The molecule has 4 amide bonds. The van der Waals surface area contributed by atoms with Crippen molar-refractivity contribution in [2.75, 3.05) is 11.5 Å². The number of carboxylic acid groups (broad SMARTS) is 4. The van der Waals surface area contributed by atoms with E-state index in [2.05, 4.69) is 21.3 Å². The number of carboxylic acids is 4. The van der Waals surface area contributed by atoms with E-state index in [1.54, 1.807) is 0 Å². The van der Waals surface area contributed by atoms with Crippen molar-refractivity contribution in [3.63, 3.8) is 0 Å². The first-order valence-corrected chi connectivity index (χ1v) is 17.0. The number of hydrogen-bond acceptors (Lipinski definition) is 14. The van der Waals surface area contributed by atoms with Crippen LogP contribution in [0.3, 0.4) is 0 Å². The van der Waals surface area contributed by atoms with Crippen molar-refractivity contribution in [2.45, 2.75) is 101 Å². The van der Waals surface area contributed by atoms with Gasteiger partial charge in [0.2, 0.25) is 23.6 Å². The van der Waals surface area contributed by atoms with Crippen molar-refractivity contribution >= 4 is 69.1 Å². The standard InChI is InChI=1S/C26H44N6O14S2/c1-11(33)19(25(43)44)31-21(37)15(29-17(35)7-3-5-13(27)23(39)40)9-47-48-10-16(22(38)32-20(12(2)34)26(45)46)30-18(36)8-4-6-14(28)24(41)42/h11-16,19-20,33-34H,3-10,27-28H2,1-2H3,(H,29,35)(H,30,36)(H,31,37)(H,32,38)(H,39,40)(H,41,42)(H,43,44)(H,45,46)/t11-,12-,13-,14-,15-,16-,19+,20+/m0/s1. The zero-order chi connectivity index (χ0) is 37.1. The highest BCUT2D eigenvalue weighted by atomic mass is 33.1. The molecule has 0 aliphatic rings. The minimum Gasteiger partial charge on any atom is -0.480 e. The largest absolute Gasteiger partial charge is 0.480 e. The summed E-state index contributed by atoms with van der Waals surface area (Å²) in [6.45, 7) is 2.24. The van der Waals surface area contributed by atoms with Crippen molar-refractivity contribution in [1.29, 1.82) is 0 Å². The average Bonchev–Trinajstić information content (AvgIpc) is 2.98. The Balaban J connectivity index is 5.67. The van der Waals surface area contributed by atoms with E-state index in [1.807, 2.05) is 0 Å². The summed E-state index contributed by atoms with van der Waals surface area (Å²) >= 11 is 0. The van der Waals surface area contributed by atoms with Gasteiger partial charge in [0, 0.05) is 24.3 Å². The van der Waals surface area contributed by atoms with Gasteiger partial charge < -0.3 is 63.4 Å². The van der Waals surface area contributed by atoms with Crippen molar-refractivity contribution in [3.8, 4) is 0 Å². The fourth-order valence-corrected chi connectivity index (χ4v) is 5.96. The summed E-state index contributed by atoms with van der Waals surface area (Å²) in [7, 11) is 1.78. The summed E-state index contributed by atoms with van der Waals surface area (Å²) in [5.41, 5.74) is 10.8. The lowest BCUT2D eigenvalue weighted by Gasteiger charge is -2.24. The molecule has 0 aromatic rings. The molecular weight excluding hydrogens is 684 g/mol. The molecule has 0 fully saturated rings. The van der Waals surface area contributed by atoms with E-state index in [1.165, 1.54) is 0 Å². The molecule has 22 heteroatoms. The number of nitrogens with one attached hydrogen (secondary N) is 4. The van der Waals surface area contributed by atoms with E-state index in [4.69, 9.17) is 21.7 Å². The molecule has 0 aromatic carbocycles. The van der Waals surface area contributed by atoms with E-state index in [9.17, 15) is 58.8 Å². The Bertz CT molecular complexity index is 1060. The summed E-state index contributed by atoms with van der Waals surface area (Å²) in [6, 6.07) is -8.68. The van der Waals surface area contributed by atoms with Gasteiger partial charge in [-0.05, 0) is 39.5 Å². The van der Waals surface area contributed by atoms with Crippen LogP contribution in [0.25, 0.3) is 0 Å². The van der Waals surface area contributed by atoms with Crippen LogP contribution in [0.1, 0.15) is 52.4 Å². The minimum absolute atomic E-state index is 0.0451. The third kappa shape index (κ3) is 18.0. The Morgan fingerprint density at radius 3 is 1.12 bits per heavy atom. The lowest BCUT2D eigenvalue weighted by Crippen LogP contribution is -2.55. The topological polar surface area (TPSA) is 358 Å². The third-order valence-electron chi connectivity index (χ3n) is 6.42. The highest BCUT2D eigenvalue weighted by Gasteiger charge is 2.32. The predicted molar refractivity (Wildman–Crippen MR) is 170 cm³/mol. The smallest absolute Gasteiger partial charge is 0.328 e. The molecule has 14 N–H and O–H groups in total. The summed E-state index contributed by atoms with van der Waals surface area (Å²) < 4.78 is 0. The molecule has 48 heavy (non-hydrogen) atoms. The van der Waals surface area contributed by atoms with E-state index in [0.29, 0.717) is 0 Å². The molecule has 0 spiro atoms. The van der Waals surface area contributed by atoms with Crippen LogP contribution in [0, 0.1) is 0 Å². The van der Waals surface area contributed by atoms with Gasteiger partial charge in [0.1, 0.15) is 24.2 Å². The maximum Gasteiger partial charge on any atom is 0.328 e. The molecule has 0 aliphatic carbocycles. The monoisotopic (exact) mass is 728 g/mol. The van der Waals surface area contributed by atoms with Gasteiger partial charge in [-0.1, -0.05) is 21.6 Å². The summed E-state index contributed by atoms with van der Waals surface area (Å²) in [4.78, 5) is 95.6. The van der Waals surface area contributed by atoms with Gasteiger partial charge in [0.05, 0.1) is 12.2 Å². The van der Waals surface area contributed by atoms with Gasteiger partial charge in [0.15, 0.2) is 12.1 Å². The molecule has 274 valence electrons. The number of nitrogens with two attached hydrogens (primary N) is 2. The van der Waals surface area contributed by atoms with Gasteiger partial charge in [-0.15, -0.1) is 0 Å². The number of rotatable bonds is 25. The number of amides is 4. The van der Waals surface area contributed by atoms with Crippen LogP contribution < -0.4 is 32.7 Å². The first-order chi connectivity index (χ1) is 22.3. The summed E-state index contributed by atoms with van der Waals surface area (Å²) in [5, 5.41) is 64.9. The number of aliphatic hydroxyl groups is 2. The highest BCUT2D eigenvalue weighted by Crippen LogP contribution is 2.24. The molecule has 0 unspecified atom stereocenters. The molecule has 0 heterocycles. The molecular formula is C26H44N6O14S2. The van der Waals surface area contributed by atoms with E-state index >= 15 is 0 Å². The SMILES string of the molecule is C[C@H](O)[C@@H](NC(=O)[C@H](CSSC[C@H](NC(=O)CCC[C@H](N)C(=O)O)C(=O)N[C@@H](C(=O)O)[C@H](C)O)NC(=O)CCC[C@H](N)C(=O)O)C(=O)O. The van der Waals surface area contributed by atoms with Crippen LogP contribution in [-0.4, -0.2) is 138 Å². The van der Waals surface area contributed by atoms with Crippen LogP contribution in [0.2, 0.25) is 0 Å². The Morgan fingerprint density at radius 2 is 0.875 bits per heavy atom. The van der Waals surface area contributed by atoms with E-state index < -0.39 is 96.0 Å². The maximum absolute atomic E-state index is 12.9. The van der Waals surface area contributed by atoms with E-state index in [0.717, 1.165) is 35.4 Å². The number of hydrogen-bond donors (Lipinski definition) is 12. The van der Waals surface area contributed by atoms with Gasteiger partial charge >= 0.3 is 23.9 Å². The second kappa shape index (κ2) is 22.8. The third-order valence-corrected chi connectivity index (χ3v) is 8.84. The van der Waals surface area contributed by atoms with Crippen molar-refractivity contribution in [2.24, 2.45) is 11.5 Å². The zero-order valence-corrected chi connectivity index (χ0v) is 27.8. The van der Waals surface area contributed by atoms with Gasteiger partial charge in [-0.2, -0.15) is 0 Å².